The van der Waals surface area contributed by atoms with Crippen LogP contribution in [0.15, 0.2) is 36.4 Å². The lowest BCUT2D eigenvalue weighted by Gasteiger charge is -2.10. The molecule has 0 saturated carbocycles. The lowest BCUT2D eigenvalue weighted by Crippen LogP contribution is -1.95. The van der Waals surface area contributed by atoms with E-state index < -0.39 is 23.6 Å². The summed E-state index contributed by atoms with van der Waals surface area (Å²) in [6.07, 6.45) is -0.810. The van der Waals surface area contributed by atoms with E-state index in [1.165, 1.54) is 19.1 Å². The van der Waals surface area contributed by atoms with Crippen LogP contribution in [0.1, 0.15) is 18.6 Å². The van der Waals surface area contributed by atoms with Gasteiger partial charge in [-0.05, 0) is 24.6 Å². The summed E-state index contributed by atoms with van der Waals surface area (Å²) in [6.45, 7) is 1.50. The minimum Gasteiger partial charge on any atom is -0.454 e. The van der Waals surface area contributed by atoms with E-state index >= 15 is 0 Å². The molecule has 1 atom stereocenters. The number of aliphatic hydroxyl groups is 1. The maximum absolute atomic E-state index is 13.7. The Morgan fingerprint density at radius 3 is 2.16 bits per heavy atom. The van der Waals surface area contributed by atoms with Crippen LogP contribution >= 0.6 is 0 Å². The fourth-order valence-corrected chi connectivity index (χ4v) is 1.57. The van der Waals surface area contributed by atoms with Gasteiger partial charge in [-0.2, -0.15) is 0 Å². The Kier molecular flexibility index (Phi) is 3.76. The van der Waals surface area contributed by atoms with Crippen molar-refractivity contribution < 1.29 is 23.0 Å². The molecule has 0 aliphatic rings. The van der Waals surface area contributed by atoms with Crippen LogP contribution in [0.3, 0.4) is 0 Å². The van der Waals surface area contributed by atoms with Crippen LogP contribution in [0.2, 0.25) is 0 Å². The molecule has 0 aliphatic heterocycles. The summed E-state index contributed by atoms with van der Waals surface area (Å²) < 4.78 is 44.7. The zero-order chi connectivity index (χ0) is 14.0. The van der Waals surface area contributed by atoms with Gasteiger partial charge < -0.3 is 9.84 Å². The molecule has 100 valence electrons. The average molecular weight is 268 g/mol. The third-order valence-corrected chi connectivity index (χ3v) is 2.50. The van der Waals surface area contributed by atoms with Gasteiger partial charge in [0.05, 0.1) is 6.10 Å². The van der Waals surface area contributed by atoms with Gasteiger partial charge in [0.1, 0.15) is 17.4 Å². The Labute approximate surface area is 108 Å². The smallest absolute Gasteiger partial charge is 0.166 e. The monoisotopic (exact) mass is 268 g/mol. The minimum absolute atomic E-state index is 0.138. The lowest BCUT2D eigenvalue weighted by molar-refractivity contribution is 0.198. The molecule has 5 heteroatoms. The molecule has 0 radical (unpaired) electrons. The number of hydrogen-bond acceptors (Lipinski definition) is 2. The van der Waals surface area contributed by atoms with Crippen molar-refractivity contribution in [1.29, 1.82) is 0 Å². The first-order valence-electron chi connectivity index (χ1n) is 5.57. The molecule has 1 N–H and O–H groups in total. The zero-order valence-electron chi connectivity index (χ0n) is 10.0. The summed E-state index contributed by atoms with van der Waals surface area (Å²) in [4.78, 5) is 0. The number of aliphatic hydroxyl groups excluding tert-OH is 1. The van der Waals surface area contributed by atoms with E-state index in [0.29, 0.717) is 11.6 Å². The van der Waals surface area contributed by atoms with Gasteiger partial charge in [0.2, 0.25) is 0 Å². The summed E-state index contributed by atoms with van der Waals surface area (Å²) in [5.41, 5.74) is 0.385. The molecule has 0 aliphatic carbocycles. The van der Waals surface area contributed by atoms with Crippen LogP contribution in [0, 0.1) is 17.5 Å². The Bertz CT molecular complexity index is 577. The first-order chi connectivity index (χ1) is 8.95. The SMILES string of the molecule is C[C@H](O)c1ccc(Oc2cc(F)cc(F)c2)c(F)c1. The van der Waals surface area contributed by atoms with E-state index in [9.17, 15) is 18.3 Å². The van der Waals surface area contributed by atoms with Crippen LogP contribution in [-0.4, -0.2) is 5.11 Å². The molecule has 0 bridgehead atoms. The molecule has 2 rings (SSSR count). The van der Waals surface area contributed by atoms with E-state index in [0.717, 1.165) is 18.2 Å². The Morgan fingerprint density at radius 2 is 1.63 bits per heavy atom. The van der Waals surface area contributed by atoms with Crippen molar-refractivity contribution in [2.45, 2.75) is 13.0 Å². The van der Waals surface area contributed by atoms with Crippen LogP contribution in [0.4, 0.5) is 13.2 Å². The highest BCUT2D eigenvalue weighted by molar-refractivity contribution is 5.35. The number of hydrogen-bond donors (Lipinski definition) is 1. The molecule has 0 spiro atoms. The Balaban J connectivity index is 2.28. The minimum atomic E-state index is -0.810. The number of benzene rings is 2. The topological polar surface area (TPSA) is 29.5 Å². The van der Waals surface area contributed by atoms with Crippen LogP contribution < -0.4 is 4.74 Å². The van der Waals surface area contributed by atoms with Gasteiger partial charge in [-0.25, -0.2) is 13.2 Å². The third-order valence-electron chi connectivity index (χ3n) is 2.50. The zero-order valence-corrected chi connectivity index (χ0v) is 10.0. The number of ether oxygens (including phenoxy) is 1. The molecule has 0 aromatic heterocycles. The average Bonchev–Trinajstić information content (AvgIpc) is 2.30. The largest absolute Gasteiger partial charge is 0.454 e. The molecular formula is C14H11F3O2. The van der Waals surface area contributed by atoms with Crippen molar-refractivity contribution in [3.05, 3.63) is 59.4 Å². The number of rotatable bonds is 3. The van der Waals surface area contributed by atoms with Crippen molar-refractivity contribution in [3.63, 3.8) is 0 Å². The maximum Gasteiger partial charge on any atom is 0.166 e. The van der Waals surface area contributed by atoms with E-state index in [1.54, 1.807) is 0 Å². The van der Waals surface area contributed by atoms with Gasteiger partial charge >= 0.3 is 0 Å². The normalized spacial score (nSPS) is 12.3. The van der Waals surface area contributed by atoms with Crippen molar-refractivity contribution in [2.75, 3.05) is 0 Å². The molecule has 2 aromatic rings. The molecule has 2 nitrogen and oxygen atoms in total. The first-order valence-corrected chi connectivity index (χ1v) is 5.57. The summed E-state index contributed by atoms with van der Waals surface area (Å²) in [7, 11) is 0. The predicted molar refractivity (Wildman–Crippen MR) is 63.5 cm³/mol. The van der Waals surface area contributed by atoms with E-state index in [-0.39, 0.29) is 11.5 Å². The lowest BCUT2D eigenvalue weighted by atomic mass is 10.1. The molecule has 0 amide bonds. The quantitative estimate of drug-likeness (QED) is 0.913. The Hall–Kier alpha value is -2.01. The second-order valence-corrected chi connectivity index (χ2v) is 4.07. The van der Waals surface area contributed by atoms with Crippen molar-refractivity contribution in [1.82, 2.24) is 0 Å². The van der Waals surface area contributed by atoms with Gasteiger partial charge in [-0.1, -0.05) is 6.07 Å². The van der Waals surface area contributed by atoms with Crippen molar-refractivity contribution in [2.24, 2.45) is 0 Å². The first kappa shape index (κ1) is 13.4. The van der Waals surface area contributed by atoms with E-state index in [1.807, 2.05) is 0 Å². The molecule has 0 heterocycles. The standard InChI is InChI=1S/C14H11F3O2/c1-8(18)9-2-3-14(13(17)4-9)19-12-6-10(15)5-11(16)7-12/h2-8,18H,1H3/t8-/m0/s1. The van der Waals surface area contributed by atoms with E-state index in [4.69, 9.17) is 4.74 Å². The predicted octanol–water partition coefficient (Wildman–Crippen LogP) is 3.95. The maximum atomic E-state index is 13.7. The van der Waals surface area contributed by atoms with E-state index in [2.05, 4.69) is 0 Å². The van der Waals surface area contributed by atoms with Gasteiger partial charge in [0, 0.05) is 18.2 Å². The van der Waals surface area contributed by atoms with Gasteiger partial charge in [-0.15, -0.1) is 0 Å². The molecule has 0 fully saturated rings. The summed E-state index contributed by atoms with van der Waals surface area (Å²) in [5, 5.41) is 9.29. The summed E-state index contributed by atoms with van der Waals surface area (Å²) in [6, 6.07) is 6.46. The second-order valence-electron chi connectivity index (χ2n) is 4.07. The van der Waals surface area contributed by atoms with Crippen LogP contribution in [0.25, 0.3) is 0 Å². The molecule has 2 aromatic carbocycles. The Morgan fingerprint density at radius 1 is 1.00 bits per heavy atom. The molecular weight excluding hydrogens is 257 g/mol. The van der Waals surface area contributed by atoms with Crippen molar-refractivity contribution in [3.8, 4) is 11.5 Å². The highest BCUT2D eigenvalue weighted by Crippen LogP contribution is 2.27. The molecule has 0 unspecified atom stereocenters. The summed E-state index contributed by atoms with van der Waals surface area (Å²) in [5.74, 6) is -2.65. The molecule has 0 saturated heterocycles. The number of halogens is 3. The third kappa shape index (κ3) is 3.26. The van der Waals surface area contributed by atoms with Gasteiger partial charge in [0.25, 0.3) is 0 Å². The van der Waals surface area contributed by atoms with Crippen LogP contribution in [0.5, 0.6) is 11.5 Å². The molecule has 19 heavy (non-hydrogen) atoms. The fraction of sp³-hybridized carbons (Fsp3) is 0.143. The van der Waals surface area contributed by atoms with Crippen LogP contribution in [-0.2, 0) is 0 Å². The second kappa shape index (κ2) is 5.32. The van der Waals surface area contributed by atoms with Crippen molar-refractivity contribution >= 4 is 0 Å². The summed E-state index contributed by atoms with van der Waals surface area (Å²) >= 11 is 0. The van der Waals surface area contributed by atoms with Gasteiger partial charge in [-0.3, -0.25) is 0 Å². The fourth-order valence-electron chi connectivity index (χ4n) is 1.57. The van der Waals surface area contributed by atoms with Gasteiger partial charge in [0.15, 0.2) is 11.6 Å². The highest BCUT2D eigenvalue weighted by atomic mass is 19.1. The highest BCUT2D eigenvalue weighted by Gasteiger charge is 2.10.